The van der Waals surface area contributed by atoms with Gasteiger partial charge < -0.3 is 23.8 Å². The van der Waals surface area contributed by atoms with Crippen molar-refractivity contribution in [3.05, 3.63) is 48.0 Å². The predicted octanol–water partition coefficient (Wildman–Crippen LogP) is 3.53. The maximum absolute atomic E-state index is 9.89. The van der Waals surface area contributed by atoms with Gasteiger partial charge >= 0.3 is 0 Å². The van der Waals surface area contributed by atoms with E-state index in [1.54, 1.807) is 33.5 Å². The van der Waals surface area contributed by atoms with Crippen molar-refractivity contribution in [1.82, 2.24) is 5.16 Å². The Morgan fingerprint density at radius 1 is 0.920 bits per heavy atom. The zero-order chi connectivity index (χ0) is 17.8. The van der Waals surface area contributed by atoms with Crippen LogP contribution in [-0.4, -0.2) is 31.6 Å². The minimum Gasteiger partial charge on any atom is -0.497 e. The van der Waals surface area contributed by atoms with E-state index in [1.165, 1.54) is 0 Å². The maximum atomic E-state index is 9.89. The quantitative estimate of drug-likeness (QED) is 0.739. The van der Waals surface area contributed by atoms with Crippen LogP contribution in [0.1, 0.15) is 5.56 Å². The zero-order valence-corrected chi connectivity index (χ0v) is 14.3. The second-order valence-electron chi connectivity index (χ2n) is 5.29. The average molecular weight is 341 g/mol. The number of aliphatic hydroxyl groups excluding tert-OH is 1. The highest BCUT2D eigenvalue weighted by molar-refractivity contribution is 5.76. The van der Waals surface area contributed by atoms with Crippen molar-refractivity contribution in [3.63, 3.8) is 0 Å². The van der Waals surface area contributed by atoms with Gasteiger partial charge in [0, 0.05) is 11.6 Å². The fourth-order valence-electron chi connectivity index (χ4n) is 2.63. The summed E-state index contributed by atoms with van der Waals surface area (Å²) in [5.41, 5.74) is 2.69. The molecule has 3 rings (SSSR count). The molecule has 0 fully saturated rings. The van der Waals surface area contributed by atoms with Crippen LogP contribution < -0.4 is 14.2 Å². The Bertz CT molecular complexity index is 855. The number of benzene rings is 2. The highest BCUT2D eigenvalue weighted by Crippen LogP contribution is 2.38. The number of rotatable bonds is 6. The van der Waals surface area contributed by atoms with E-state index in [4.69, 9.17) is 18.7 Å². The summed E-state index contributed by atoms with van der Waals surface area (Å²) in [6.45, 7) is -0.213. The Labute approximate surface area is 145 Å². The molecule has 6 heteroatoms. The smallest absolute Gasteiger partial charge is 0.176 e. The molecule has 0 atom stereocenters. The average Bonchev–Trinajstić information content (AvgIpc) is 3.11. The van der Waals surface area contributed by atoms with Gasteiger partial charge in [-0.25, -0.2) is 0 Å². The molecule has 0 aliphatic carbocycles. The SMILES string of the molecule is COc1ccc(-c2noc(-c3ccc(OC)cc3OC)c2CO)cc1. The third-order valence-corrected chi connectivity index (χ3v) is 3.96. The standard InChI is InChI=1S/C19H19NO5/c1-22-13-6-4-12(5-7-13)18-16(11-21)19(25-20-18)15-9-8-14(23-2)10-17(15)24-3/h4-10,21H,11H2,1-3H3. The van der Waals surface area contributed by atoms with Crippen molar-refractivity contribution >= 4 is 0 Å². The van der Waals surface area contributed by atoms with E-state index in [-0.39, 0.29) is 6.61 Å². The van der Waals surface area contributed by atoms with Crippen LogP contribution in [0.25, 0.3) is 22.6 Å². The molecule has 6 nitrogen and oxygen atoms in total. The van der Waals surface area contributed by atoms with Crippen LogP contribution in [0.3, 0.4) is 0 Å². The van der Waals surface area contributed by atoms with Crippen molar-refractivity contribution in [3.8, 4) is 39.8 Å². The molecule has 2 aromatic carbocycles. The maximum Gasteiger partial charge on any atom is 0.176 e. The zero-order valence-electron chi connectivity index (χ0n) is 14.3. The first-order valence-electron chi connectivity index (χ1n) is 7.68. The molecule has 0 saturated heterocycles. The molecule has 3 aromatic rings. The number of methoxy groups -OCH3 is 3. The summed E-state index contributed by atoms with van der Waals surface area (Å²) < 4.78 is 21.3. The third-order valence-electron chi connectivity index (χ3n) is 3.96. The van der Waals surface area contributed by atoms with E-state index >= 15 is 0 Å². The molecule has 0 aliphatic heterocycles. The van der Waals surface area contributed by atoms with Crippen molar-refractivity contribution in [2.75, 3.05) is 21.3 Å². The van der Waals surface area contributed by atoms with Crippen molar-refractivity contribution in [2.24, 2.45) is 0 Å². The summed E-state index contributed by atoms with van der Waals surface area (Å²) in [5.74, 6) is 2.45. The van der Waals surface area contributed by atoms with Crippen LogP contribution in [0.5, 0.6) is 17.2 Å². The van der Waals surface area contributed by atoms with Gasteiger partial charge in [0.25, 0.3) is 0 Å². The Kier molecular flexibility index (Phi) is 4.90. The summed E-state index contributed by atoms with van der Waals surface area (Å²) in [6.07, 6.45) is 0. The number of aliphatic hydroxyl groups is 1. The van der Waals surface area contributed by atoms with Crippen molar-refractivity contribution in [1.29, 1.82) is 0 Å². The summed E-state index contributed by atoms with van der Waals surface area (Å²) in [4.78, 5) is 0. The second-order valence-corrected chi connectivity index (χ2v) is 5.29. The number of hydrogen-bond acceptors (Lipinski definition) is 6. The normalized spacial score (nSPS) is 10.6. The van der Waals surface area contributed by atoms with Crippen LogP contribution >= 0.6 is 0 Å². The van der Waals surface area contributed by atoms with Gasteiger partial charge in [0.1, 0.15) is 22.9 Å². The molecule has 1 N–H and O–H groups in total. The monoisotopic (exact) mass is 341 g/mol. The number of hydrogen-bond donors (Lipinski definition) is 1. The molecule has 0 bridgehead atoms. The van der Waals surface area contributed by atoms with E-state index in [2.05, 4.69) is 5.16 Å². The van der Waals surface area contributed by atoms with E-state index in [0.717, 1.165) is 11.3 Å². The molecule has 0 amide bonds. The Hall–Kier alpha value is -2.99. The fourth-order valence-corrected chi connectivity index (χ4v) is 2.63. The third kappa shape index (κ3) is 3.16. The van der Waals surface area contributed by atoms with Gasteiger partial charge in [0.05, 0.1) is 39.1 Å². The topological polar surface area (TPSA) is 74.0 Å². The van der Waals surface area contributed by atoms with Gasteiger partial charge in [-0.1, -0.05) is 5.16 Å². The predicted molar refractivity (Wildman–Crippen MR) is 93.0 cm³/mol. The van der Waals surface area contributed by atoms with E-state index < -0.39 is 0 Å². The minimum absolute atomic E-state index is 0.213. The first-order valence-corrected chi connectivity index (χ1v) is 7.68. The molecule has 0 saturated carbocycles. The van der Waals surface area contributed by atoms with E-state index in [1.807, 2.05) is 30.3 Å². The number of aromatic nitrogens is 1. The Morgan fingerprint density at radius 3 is 2.20 bits per heavy atom. The van der Waals surface area contributed by atoms with Crippen LogP contribution in [0.2, 0.25) is 0 Å². The Morgan fingerprint density at radius 2 is 1.60 bits per heavy atom. The van der Waals surface area contributed by atoms with Crippen molar-refractivity contribution < 1.29 is 23.8 Å². The van der Waals surface area contributed by atoms with Crippen molar-refractivity contribution in [2.45, 2.75) is 6.61 Å². The van der Waals surface area contributed by atoms with Gasteiger partial charge in [-0.2, -0.15) is 0 Å². The summed E-state index contributed by atoms with van der Waals surface area (Å²) in [6, 6.07) is 12.8. The molecule has 1 heterocycles. The van der Waals surface area contributed by atoms with Crippen LogP contribution in [0, 0.1) is 0 Å². The van der Waals surface area contributed by atoms with Gasteiger partial charge in [0.15, 0.2) is 5.76 Å². The second kappa shape index (κ2) is 7.27. The lowest BCUT2D eigenvalue weighted by atomic mass is 10.0. The van der Waals surface area contributed by atoms with Gasteiger partial charge in [-0.05, 0) is 36.4 Å². The lowest BCUT2D eigenvalue weighted by Crippen LogP contribution is -1.93. The first kappa shape index (κ1) is 16.9. The number of nitrogens with zero attached hydrogens (tertiary/aromatic N) is 1. The van der Waals surface area contributed by atoms with Crippen LogP contribution in [0.4, 0.5) is 0 Å². The van der Waals surface area contributed by atoms with Crippen LogP contribution in [-0.2, 0) is 6.61 Å². The molecule has 0 unspecified atom stereocenters. The van der Waals surface area contributed by atoms with Gasteiger partial charge in [-0.3, -0.25) is 0 Å². The van der Waals surface area contributed by atoms with E-state index in [0.29, 0.717) is 34.1 Å². The first-order chi connectivity index (χ1) is 12.2. The van der Waals surface area contributed by atoms with Gasteiger partial charge in [0.2, 0.25) is 0 Å². The van der Waals surface area contributed by atoms with Crippen LogP contribution in [0.15, 0.2) is 47.0 Å². The lowest BCUT2D eigenvalue weighted by Gasteiger charge is -2.09. The highest BCUT2D eigenvalue weighted by Gasteiger charge is 2.21. The Balaban J connectivity index is 2.08. The molecule has 25 heavy (non-hydrogen) atoms. The lowest BCUT2D eigenvalue weighted by molar-refractivity contribution is 0.281. The summed E-state index contributed by atoms with van der Waals surface area (Å²) in [5, 5.41) is 14.0. The molecule has 0 aliphatic rings. The molecule has 0 radical (unpaired) electrons. The fraction of sp³-hybridized carbons (Fsp3) is 0.211. The van der Waals surface area contributed by atoms with Gasteiger partial charge in [-0.15, -0.1) is 0 Å². The molecule has 0 spiro atoms. The van der Waals surface area contributed by atoms with E-state index in [9.17, 15) is 5.11 Å². The minimum atomic E-state index is -0.213. The highest BCUT2D eigenvalue weighted by atomic mass is 16.5. The molecular formula is C19H19NO5. The summed E-state index contributed by atoms with van der Waals surface area (Å²) >= 11 is 0. The number of ether oxygens (including phenoxy) is 3. The molecule has 1 aromatic heterocycles. The largest absolute Gasteiger partial charge is 0.497 e. The molecular weight excluding hydrogens is 322 g/mol. The molecule has 130 valence electrons. The summed E-state index contributed by atoms with van der Waals surface area (Å²) in [7, 11) is 4.76.